The van der Waals surface area contributed by atoms with Gasteiger partial charge in [0, 0.05) is 12.6 Å². The fraction of sp³-hybridized carbons (Fsp3) is 0.857. The SMILES string of the molecule is CCC(N)(CC)C(=O)N1CCOCC1C(=O)NC1CC1. The lowest BCUT2D eigenvalue weighted by atomic mass is 9.91. The second kappa shape index (κ2) is 6.10. The molecule has 1 saturated heterocycles. The molecule has 2 fully saturated rings. The van der Waals surface area contributed by atoms with Gasteiger partial charge in [0.1, 0.15) is 6.04 Å². The first-order valence-electron chi connectivity index (χ1n) is 7.50. The third kappa shape index (κ3) is 3.12. The van der Waals surface area contributed by atoms with Crippen LogP contribution in [0, 0.1) is 0 Å². The van der Waals surface area contributed by atoms with Crippen molar-refractivity contribution in [1.82, 2.24) is 10.2 Å². The van der Waals surface area contributed by atoms with Crippen LogP contribution in [0.4, 0.5) is 0 Å². The number of nitrogens with zero attached hydrogens (tertiary/aromatic N) is 1. The van der Waals surface area contributed by atoms with Crippen molar-refractivity contribution >= 4 is 11.8 Å². The maximum Gasteiger partial charge on any atom is 0.245 e. The Morgan fingerprint density at radius 3 is 2.55 bits per heavy atom. The number of morpholine rings is 1. The molecule has 2 aliphatic rings. The lowest BCUT2D eigenvalue weighted by Gasteiger charge is -2.39. The Balaban J connectivity index is 2.09. The summed E-state index contributed by atoms with van der Waals surface area (Å²) >= 11 is 0. The molecule has 0 radical (unpaired) electrons. The Hall–Kier alpha value is -1.14. The zero-order valence-corrected chi connectivity index (χ0v) is 12.4. The van der Waals surface area contributed by atoms with E-state index in [1.54, 1.807) is 4.90 Å². The first kappa shape index (κ1) is 15.3. The molecule has 0 aromatic carbocycles. The number of nitrogens with two attached hydrogens (primary N) is 1. The molecule has 1 aliphatic heterocycles. The van der Waals surface area contributed by atoms with Gasteiger partial charge >= 0.3 is 0 Å². The highest BCUT2D eigenvalue weighted by Gasteiger charge is 2.41. The Morgan fingerprint density at radius 1 is 1.35 bits per heavy atom. The van der Waals surface area contributed by atoms with Crippen LogP contribution in [-0.2, 0) is 14.3 Å². The molecule has 6 nitrogen and oxygen atoms in total. The molecule has 0 spiro atoms. The molecule has 0 aromatic heterocycles. The van der Waals surface area contributed by atoms with Crippen molar-refractivity contribution in [2.75, 3.05) is 19.8 Å². The van der Waals surface area contributed by atoms with Crippen LogP contribution >= 0.6 is 0 Å². The highest BCUT2D eigenvalue weighted by Crippen LogP contribution is 2.22. The third-order valence-electron chi connectivity index (χ3n) is 4.30. The van der Waals surface area contributed by atoms with Crippen LogP contribution in [0.25, 0.3) is 0 Å². The summed E-state index contributed by atoms with van der Waals surface area (Å²) in [7, 11) is 0. The van der Waals surface area contributed by atoms with Gasteiger partial charge in [-0.1, -0.05) is 13.8 Å². The van der Waals surface area contributed by atoms with E-state index in [1.165, 1.54) is 0 Å². The maximum absolute atomic E-state index is 12.7. The molecule has 3 N–H and O–H groups in total. The number of rotatable bonds is 5. The van der Waals surface area contributed by atoms with Gasteiger partial charge in [-0.3, -0.25) is 9.59 Å². The number of amides is 2. The summed E-state index contributed by atoms with van der Waals surface area (Å²) in [5.41, 5.74) is 5.30. The Kier molecular flexibility index (Phi) is 4.65. The van der Waals surface area contributed by atoms with Gasteiger partial charge in [-0.05, 0) is 25.7 Å². The van der Waals surface area contributed by atoms with Crippen LogP contribution in [0.15, 0.2) is 0 Å². The maximum atomic E-state index is 12.7. The van der Waals surface area contributed by atoms with Crippen LogP contribution in [-0.4, -0.2) is 54.1 Å². The normalized spacial score (nSPS) is 23.6. The van der Waals surface area contributed by atoms with Gasteiger partial charge in [-0.25, -0.2) is 0 Å². The van der Waals surface area contributed by atoms with Gasteiger partial charge in [-0.2, -0.15) is 0 Å². The number of hydrogen-bond acceptors (Lipinski definition) is 4. The summed E-state index contributed by atoms with van der Waals surface area (Å²) in [5.74, 6) is -0.253. The molecule has 2 rings (SSSR count). The number of nitrogens with one attached hydrogen (secondary N) is 1. The van der Waals surface area contributed by atoms with Crippen molar-refractivity contribution in [1.29, 1.82) is 0 Å². The predicted octanol–water partition coefficient (Wildman–Crippen LogP) is 0.00990. The lowest BCUT2D eigenvalue weighted by Crippen LogP contribution is -2.63. The van der Waals surface area contributed by atoms with Crippen LogP contribution in [0.3, 0.4) is 0 Å². The highest BCUT2D eigenvalue weighted by atomic mass is 16.5. The lowest BCUT2D eigenvalue weighted by molar-refractivity contribution is -0.153. The van der Waals surface area contributed by atoms with Crippen molar-refractivity contribution in [2.45, 2.75) is 57.2 Å². The van der Waals surface area contributed by atoms with Crippen molar-refractivity contribution < 1.29 is 14.3 Å². The molecule has 1 unspecified atom stereocenters. The first-order chi connectivity index (χ1) is 9.51. The van der Waals surface area contributed by atoms with Gasteiger partial charge in [0.05, 0.1) is 18.8 Å². The minimum absolute atomic E-state index is 0.116. The standard InChI is InChI=1S/C14H25N3O3/c1-3-14(15,4-2)13(19)17-7-8-20-9-11(17)12(18)16-10-5-6-10/h10-11H,3-9,15H2,1-2H3,(H,16,18). The number of ether oxygens (including phenoxy) is 1. The molecule has 0 aromatic rings. The summed E-state index contributed by atoms with van der Waals surface area (Å²) in [4.78, 5) is 26.5. The van der Waals surface area contributed by atoms with Crippen LogP contribution in [0.2, 0.25) is 0 Å². The number of carbonyl (C=O) groups excluding carboxylic acids is 2. The second-order valence-corrected chi connectivity index (χ2v) is 5.74. The summed E-state index contributed by atoms with van der Waals surface area (Å²) in [6, 6.07) is -0.265. The molecule has 2 amide bonds. The summed E-state index contributed by atoms with van der Waals surface area (Å²) in [6.07, 6.45) is 3.18. The molecule has 1 atom stereocenters. The Morgan fingerprint density at radius 2 is 2.00 bits per heavy atom. The minimum atomic E-state index is -0.880. The molecule has 1 aliphatic carbocycles. The molecule has 1 saturated carbocycles. The van der Waals surface area contributed by atoms with Crippen molar-refractivity contribution in [3.8, 4) is 0 Å². The monoisotopic (exact) mass is 283 g/mol. The molecular formula is C14H25N3O3. The molecular weight excluding hydrogens is 258 g/mol. The summed E-state index contributed by atoms with van der Waals surface area (Å²) in [5, 5.41) is 2.94. The van der Waals surface area contributed by atoms with Crippen LogP contribution in [0.1, 0.15) is 39.5 Å². The van der Waals surface area contributed by atoms with E-state index in [0.29, 0.717) is 26.0 Å². The predicted molar refractivity (Wildman–Crippen MR) is 75.0 cm³/mol. The Bertz CT molecular complexity index is 378. The van der Waals surface area contributed by atoms with Gasteiger partial charge in [0.2, 0.25) is 11.8 Å². The summed E-state index contributed by atoms with van der Waals surface area (Å²) in [6.45, 7) is 4.96. The highest BCUT2D eigenvalue weighted by molar-refractivity contribution is 5.92. The second-order valence-electron chi connectivity index (χ2n) is 5.74. The van der Waals surface area contributed by atoms with Crippen LogP contribution < -0.4 is 11.1 Å². The van der Waals surface area contributed by atoms with Crippen molar-refractivity contribution in [3.63, 3.8) is 0 Å². The zero-order valence-electron chi connectivity index (χ0n) is 12.4. The van der Waals surface area contributed by atoms with E-state index >= 15 is 0 Å². The third-order valence-corrected chi connectivity index (χ3v) is 4.30. The average molecular weight is 283 g/mol. The number of carbonyl (C=O) groups is 2. The summed E-state index contributed by atoms with van der Waals surface area (Å²) < 4.78 is 5.37. The molecule has 20 heavy (non-hydrogen) atoms. The van der Waals surface area contributed by atoms with E-state index in [9.17, 15) is 9.59 Å². The van der Waals surface area contributed by atoms with E-state index < -0.39 is 11.6 Å². The fourth-order valence-corrected chi connectivity index (χ4v) is 2.43. The van der Waals surface area contributed by atoms with Gasteiger partial charge in [0.25, 0.3) is 0 Å². The van der Waals surface area contributed by atoms with E-state index in [1.807, 2.05) is 13.8 Å². The Labute approximate surface area is 120 Å². The molecule has 0 bridgehead atoms. The van der Waals surface area contributed by atoms with Gasteiger partial charge in [-0.15, -0.1) is 0 Å². The zero-order chi connectivity index (χ0) is 14.8. The van der Waals surface area contributed by atoms with E-state index in [2.05, 4.69) is 5.32 Å². The minimum Gasteiger partial charge on any atom is -0.377 e. The average Bonchev–Trinajstić information content (AvgIpc) is 3.29. The molecule has 6 heteroatoms. The van der Waals surface area contributed by atoms with Crippen molar-refractivity contribution in [2.24, 2.45) is 5.73 Å². The smallest absolute Gasteiger partial charge is 0.245 e. The molecule has 1 heterocycles. The topological polar surface area (TPSA) is 84.7 Å². The van der Waals surface area contributed by atoms with Gasteiger partial charge < -0.3 is 20.7 Å². The van der Waals surface area contributed by atoms with E-state index in [0.717, 1.165) is 12.8 Å². The van der Waals surface area contributed by atoms with E-state index in [-0.39, 0.29) is 24.5 Å². The molecule has 114 valence electrons. The quantitative estimate of drug-likeness (QED) is 0.744. The first-order valence-corrected chi connectivity index (χ1v) is 7.50. The fourth-order valence-electron chi connectivity index (χ4n) is 2.43. The largest absolute Gasteiger partial charge is 0.377 e. The van der Waals surface area contributed by atoms with Gasteiger partial charge in [0.15, 0.2) is 0 Å². The number of hydrogen-bond donors (Lipinski definition) is 2. The van der Waals surface area contributed by atoms with E-state index in [4.69, 9.17) is 10.5 Å². The van der Waals surface area contributed by atoms with Crippen LogP contribution in [0.5, 0.6) is 0 Å². The van der Waals surface area contributed by atoms with Crippen molar-refractivity contribution in [3.05, 3.63) is 0 Å².